The Kier molecular flexibility index (Phi) is 6.09. The van der Waals surface area contributed by atoms with Crippen molar-refractivity contribution in [3.63, 3.8) is 0 Å². The molecule has 1 aliphatic rings. The molecule has 0 saturated carbocycles. The van der Waals surface area contributed by atoms with Crippen LogP contribution in [0.3, 0.4) is 0 Å². The van der Waals surface area contributed by atoms with Gasteiger partial charge in [-0.15, -0.1) is 0 Å². The number of allylic oxidation sites excluding steroid dienone is 2. The Labute approximate surface area is 105 Å². The van der Waals surface area contributed by atoms with Gasteiger partial charge in [-0.2, -0.15) is 0 Å². The average molecular weight is 238 g/mol. The fourth-order valence-corrected chi connectivity index (χ4v) is 2.58. The summed E-state index contributed by atoms with van der Waals surface area (Å²) in [6.45, 7) is 7.95. The van der Waals surface area contributed by atoms with Gasteiger partial charge in [0.05, 0.1) is 0 Å². The maximum absolute atomic E-state index is 11.2. The number of urea groups is 1. The number of hydrogen-bond donors (Lipinski definition) is 2. The van der Waals surface area contributed by atoms with Crippen molar-refractivity contribution in [2.75, 3.05) is 13.1 Å². The van der Waals surface area contributed by atoms with Crippen molar-refractivity contribution in [2.45, 2.75) is 46.5 Å². The quantitative estimate of drug-likeness (QED) is 0.542. The molecule has 0 heterocycles. The average Bonchev–Trinajstić information content (AvgIpc) is 2.73. The first-order chi connectivity index (χ1) is 8.15. The molecule has 0 saturated heterocycles. The Bertz CT molecular complexity index is 271. The van der Waals surface area contributed by atoms with Crippen molar-refractivity contribution < 1.29 is 4.79 Å². The van der Waals surface area contributed by atoms with E-state index < -0.39 is 0 Å². The monoisotopic (exact) mass is 238 g/mol. The number of rotatable bonds is 6. The minimum atomic E-state index is -0.0430. The van der Waals surface area contributed by atoms with Crippen LogP contribution in [0.4, 0.5) is 4.79 Å². The highest BCUT2D eigenvalue weighted by Gasteiger charge is 2.20. The molecular formula is C14H26N2O. The molecule has 0 aromatic carbocycles. The van der Waals surface area contributed by atoms with Crippen LogP contribution in [0.2, 0.25) is 0 Å². The van der Waals surface area contributed by atoms with Crippen LogP contribution >= 0.6 is 0 Å². The highest BCUT2D eigenvalue weighted by atomic mass is 16.2. The zero-order valence-corrected chi connectivity index (χ0v) is 11.4. The summed E-state index contributed by atoms with van der Waals surface area (Å²) in [4.78, 5) is 11.2. The lowest BCUT2D eigenvalue weighted by Gasteiger charge is -2.18. The second-order valence-corrected chi connectivity index (χ2v) is 5.06. The van der Waals surface area contributed by atoms with E-state index in [1.54, 1.807) is 5.57 Å². The first-order valence-electron chi connectivity index (χ1n) is 6.86. The van der Waals surface area contributed by atoms with Gasteiger partial charge >= 0.3 is 6.03 Å². The van der Waals surface area contributed by atoms with Crippen LogP contribution in [0, 0.1) is 11.8 Å². The van der Waals surface area contributed by atoms with E-state index in [4.69, 9.17) is 0 Å². The fraction of sp³-hybridized carbons (Fsp3) is 0.786. The summed E-state index contributed by atoms with van der Waals surface area (Å²) in [5, 5.41) is 5.62. The third-order valence-electron chi connectivity index (χ3n) is 3.39. The Morgan fingerprint density at radius 1 is 1.47 bits per heavy atom. The van der Waals surface area contributed by atoms with Gasteiger partial charge in [0, 0.05) is 13.1 Å². The number of amides is 2. The third-order valence-corrected chi connectivity index (χ3v) is 3.39. The lowest BCUT2D eigenvalue weighted by Crippen LogP contribution is -2.35. The Morgan fingerprint density at radius 2 is 2.24 bits per heavy atom. The Hall–Kier alpha value is -0.990. The lowest BCUT2D eigenvalue weighted by atomic mass is 9.89. The second-order valence-electron chi connectivity index (χ2n) is 5.06. The van der Waals surface area contributed by atoms with Gasteiger partial charge in [-0.25, -0.2) is 4.79 Å². The number of carbonyl (C=O) groups excluding carboxylic acids is 1. The molecule has 3 nitrogen and oxygen atoms in total. The van der Waals surface area contributed by atoms with Crippen LogP contribution in [-0.4, -0.2) is 19.1 Å². The molecule has 1 rings (SSSR count). The van der Waals surface area contributed by atoms with Crippen molar-refractivity contribution >= 4 is 6.03 Å². The van der Waals surface area contributed by atoms with Crippen LogP contribution in [0.1, 0.15) is 46.5 Å². The predicted molar refractivity (Wildman–Crippen MR) is 72.0 cm³/mol. The largest absolute Gasteiger partial charge is 0.338 e. The number of nitrogens with one attached hydrogen (secondary N) is 2. The van der Waals surface area contributed by atoms with E-state index >= 15 is 0 Å². The van der Waals surface area contributed by atoms with Crippen LogP contribution in [0.25, 0.3) is 0 Å². The van der Waals surface area contributed by atoms with Gasteiger partial charge in [0.1, 0.15) is 0 Å². The van der Waals surface area contributed by atoms with E-state index in [1.165, 1.54) is 19.3 Å². The lowest BCUT2D eigenvalue weighted by molar-refractivity contribution is 0.241. The molecule has 2 N–H and O–H groups in total. The van der Waals surface area contributed by atoms with Gasteiger partial charge in [0.2, 0.25) is 0 Å². The summed E-state index contributed by atoms with van der Waals surface area (Å²) >= 11 is 0. The van der Waals surface area contributed by atoms with E-state index in [1.807, 2.05) is 6.92 Å². The molecule has 0 aromatic heterocycles. The maximum Gasteiger partial charge on any atom is 0.314 e. The van der Waals surface area contributed by atoms with Crippen molar-refractivity contribution in [3.8, 4) is 0 Å². The summed E-state index contributed by atoms with van der Waals surface area (Å²) in [6, 6.07) is -0.0430. The standard InChI is InChI=1S/C14H26N2O/c1-4-15-14(17)16-10-6-8-12-7-5-9-13(12)11(2)3/h9,11-12H,4-8,10H2,1-3H3,(H2,15,16,17). The van der Waals surface area contributed by atoms with Gasteiger partial charge in [-0.1, -0.05) is 25.5 Å². The molecule has 98 valence electrons. The highest BCUT2D eigenvalue weighted by molar-refractivity contribution is 5.73. The smallest absolute Gasteiger partial charge is 0.314 e. The zero-order chi connectivity index (χ0) is 12.7. The molecule has 0 aromatic rings. The van der Waals surface area contributed by atoms with E-state index in [0.717, 1.165) is 18.9 Å². The van der Waals surface area contributed by atoms with Crippen molar-refractivity contribution in [3.05, 3.63) is 11.6 Å². The van der Waals surface area contributed by atoms with E-state index in [0.29, 0.717) is 12.5 Å². The number of hydrogen-bond acceptors (Lipinski definition) is 1. The van der Waals surface area contributed by atoms with Crippen molar-refractivity contribution in [1.29, 1.82) is 0 Å². The van der Waals surface area contributed by atoms with Crippen LogP contribution < -0.4 is 10.6 Å². The molecule has 0 aliphatic heterocycles. The topological polar surface area (TPSA) is 41.1 Å². The van der Waals surface area contributed by atoms with E-state index in [9.17, 15) is 4.79 Å². The molecule has 0 spiro atoms. The molecular weight excluding hydrogens is 212 g/mol. The summed E-state index contributed by atoms with van der Waals surface area (Å²) in [6.07, 6.45) is 7.23. The molecule has 0 radical (unpaired) electrons. The van der Waals surface area contributed by atoms with Crippen LogP contribution in [0.5, 0.6) is 0 Å². The van der Waals surface area contributed by atoms with Crippen LogP contribution in [0.15, 0.2) is 11.6 Å². The third kappa shape index (κ3) is 4.80. The minimum Gasteiger partial charge on any atom is -0.338 e. The molecule has 0 bridgehead atoms. The Balaban J connectivity index is 2.15. The summed E-state index contributed by atoms with van der Waals surface area (Å²) in [5.41, 5.74) is 1.63. The predicted octanol–water partition coefficient (Wildman–Crippen LogP) is 3.08. The van der Waals surface area contributed by atoms with Gasteiger partial charge < -0.3 is 10.6 Å². The van der Waals surface area contributed by atoms with E-state index in [-0.39, 0.29) is 6.03 Å². The second kappa shape index (κ2) is 7.36. The fourth-order valence-electron chi connectivity index (χ4n) is 2.58. The minimum absolute atomic E-state index is 0.0430. The normalized spacial score (nSPS) is 19.3. The van der Waals surface area contributed by atoms with Gasteiger partial charge in [0.15, 0.2) is 0 Å². The van der Waals surface area contributed by atoms with Crippen molar-refractivity contribution in [2.24, 2.45) is 11.8 Å². The highest BCUT2D eigenvalue weighted by Crippen LogP contribution is 2.34. The summed E-state index contributed by atoms with van der Waals surface area (Å²) < 4.78 is 0. The maximum atomic E-state index is 11.2. The first kappa shape index (κ1) is 14.1. The molecule has 17 heavy (non-hydrogen) atoms. The van der Waals surface area contributed by atoms with Crippen LogP contribution in [-0.2, 0) is 0 Å². The number of carbonyl (C=O) groups is 1. The molecule has 2 amide bonds. The van der Waals surface area contributed by atoms with Gasteiger partial charge in [-0.05, 0) is 44.4 Å². The molecule has 1 atom stereocenters. The SMILES string of the molecule is CCNC(=O)NCCCC1CCC=C1C(C)C. The first-order valence-corrected chi connectivity index (χ1v) is 6.86. The van der Waals surface area contributed by atoms with Gasteiger partial charge in [0.25, 0.3) is 0 Å². The molecule has 1 unspecified atom stereocenters. The van der Waals surface area contributed by atoms with E-state index in [2.05, 4.69) is 30.6 Å². The molecule has 1 aliphatic carbocycles. The summed E-state index contributed by atoms with van der Waals surface area (Å²) in [7, 11) is 0. The zero-order valence-electron chi connectivity index (χ0n) is 11.4. The summed E-state index contributed by atoms with van der Waals surface area (Å²) in [5.74, 6) is 1.44. The van der Waals surface area contributed by atoms with Gasteiger partial charge in [-0.3, -0.25) is 0 Å². The Morgan fingerprint density at radius 3 is 2.88 bits per heavy atom. The molecule has 3 heteroatoms. The van der Waals surface area contributed by atoms with Crippen molar-refractivity contribution in [1.82, 2.24) is 10.6 Å². The molecule has 0 fully saturated rings.